The summed E-state index contributed by atoms with van der Waals surface area (Å²) in [5.74, 6) is -0.860. The quantitative estimate of drug-likeness (QED) is 0.228. The number of rotatable bonds is 12. The molecule has 0 radical (unpaired) electrons. The van der Waals surface area contributed by atoms with E-state index in [-0.39, 0.29) is 34.5 Å². The molecule has 4 aromatic rings. The lowest BCUT2D eigenvalue weighted by molar-refractivity contribution is -0.140. The molecule has 42 heavy (non-hydrogen) atoms. The zero-order chi connectivity index (χ0) is 30.1. The number of para-hydroxylation sites is 1. The van der Waals surface area contributed by atoms with E-state index in [0.717, 1.165) is 21.0 Å². The number of carbonyl (C=O) groups is 2. The van der Waals surface area contributed by atoms with E-state index in [0.29, 0.717) is 6.54 Å². The van der Waals surface area contributed by atoms with E-state index in [2.05, 4.69) is 5.32 Å². The molecule has 0 bridgehead atoms. The number of likely N-dealkylation sites (N-methyl/N-ethyl adjacent to an activating group) is 1. The van der Waals surface area contributed by atoms with Crippen molar-refractivity contribution < 1.29 is 18.0 Å². The summed E-state index contributed by atoms with van der Waals surface area (Å²) in [7, 11) is -4.20. The summed E-state index contributed by atoms with van der Waals surface area (Å²) in [6, 6.07) is 30.6. The van der Waals surface area contributed by atoms with E-state index in [1.54, 1.807) is 42.5 Å². The van der Waals surface area contributed by atoms with Crippen LogP contribution in [-0.2, 0) is 32.6 Å². The van der Waals surface area contributed by atoms with Gasteiger partial charge in [0.25, 0.3) is 10.0 Å². The standard InChI is InChI=1S/C33H34ClN3O4S/c1-3-35-33(39)31(22-26-14-6-4-7-15-26)36(23-27-16-12-13-25(2)21-27)32(38)24-37(30-20-11-10-19-29(30)34)42(40,41)28-17-8-5-9-18-28/h4-21,31H,3,22-24H2,1-2H3,(H,35,39)/t31-/m0/s1. The molecule has 1 atom stereocenters. The highest BCUT2D eigenvalue weighted by molar-refractivity contribution is 7.92. The summed E-state index contributed by atoms with van der Waals surface area (Å²) >= 11 is 6.49. The highest BCUT2D eigenvalue weighted by Crippen LogP contribution is 2.31. The molecule has 0 fully saturated rings. The van der Waals surface area contributed by atoms with Crippen molar-refractivity contribution in [3.63, 3.8) is 0 Å². The van der Waals surface area contributed by atoms with Gasteiger partial charge in [0.2, 0.25) is 11.8 Å². The van der Waals surface area contributed by atoms with E-state index >= 15 is 0 Å². The number of nitrogens with one attached hydrogen (secondary N) is 1. The van der Waals surface area contributed by atoms with Gasteiger partial charge in [-0.25, -0.2) is 8.42 Å². The number of amides is 2. The molecule has 0 unspecified atom stereocenters. The zero-order valence-electron chi connectivity index (χ0n) is 23.6. The molecule has 218 valence electrons. The highest BCUT2D eigenvalue weighted by Gasteiger charge is 2.35. The largest absolute Gasteiger partial charge is 0.355 e. The molecule has 7 nitrogen and oxygen atoms in total. The fraction of sp³-hybridized carbons (Fsp3) is 0.212. The van der Waals surface area contributed by atoms with Crippen LogP contribution in [0.5, 0.6) is 0 Å². The third kappa shape index (κ3) is 7.57. The summed E-state index contributed by atoms with van der Waals surface area (Å²) in [5.41, 5.74) is 2.86. The van der Waals surface area contributed by atoms with Crippen molar-refractivity contribution in [2.24, 2.45) is 0 Å². The number of aryl methyl sites for hydroxylation is 1. The number of sulfonamides is 1. The van der Waals surface area contributed by atoms with Crippen molar-refractivity contribution in [2.45, 2.75) is 37.8 Å². The first-order valence-corrected chi connectivity index (χ1v) is 15.5. The van der Waals surface area contributed by atoms with Crippen LogP contribution < -0.4 is 9.62 Å². The molecule has 0 saturated carbocycles. The molecule has 0 aliphatic rings. The number of anilines is 1. The Bertz CT molecular complexity index is 1610. The molecule has 0 saturated heterocycles. The highest BCUT2D eigenvalue weighted by atomic mass is 35.5. The molecule has 0 spiro atoms. The molecule has 0 heterocycles. The summed E-state index contributed by atoms with van der Waals surface area (Å²) in [4.78, 5) is 29.4. The lowest BCUT2D eigenvalue weighted by atomic mass is 10.0. The van der Waals surface area contributed by atoms with E-state index in [9.17, 15) is 18.0 Å². The van der Waals surface area contributed by atoms with E-state index in [1.165, 1.54) is 17.0 Å². The molecule has 4 aromatic carbocycles. The molecule has 0 aliphatic carbocycles. The summed E-state index contributed by atoms with van der Waals surface area (Å²) in [6.07, 6.45) is 0.252. The predicted octanol–water partition coefficient (Wildman–Crippen LogP) is 5.62. The first-order chi connectivity index (χ1) is 20.2. The topological polar surface area (TPSA) is 86.8 Å². The van der Waals surface area contributed by atoms with Gasteiger partial charge in [-0.3, -0.25) is 13.9 Å². The number of hydrogen-bond donors (Lipinski definition) is 1. The molecule has 0 aromatic heterocycles. The van der Waals surface area contributed by atoms with Gasteiger partial charge in [-0.15, -0.1) is 0 Å². The Morgan fingerprint density at radius 1 is 0.833 bits per heavy atom. The number of halogens is 1. The van der Waals surface area contributed by atoms with Gasteiger partial charge in [-0.2, -0.15) is 0 Å². The van der Waals surface area contributed by atoms with Gasteiger partial charge >= 0.3 is 0 Å². The minimum absolute atomic E-state index is 0.0208. The first kappa shape index (κ1) is 30.8. The second-order valence-electron chi connectivity index (χ2n) is 9.89. The van der Waals surface area contributed by atoms with Gasteiger partial charge in [-0.05, 0) is 49.2 Å². The molecular formula is C33H34ClN3O4S. The molecule has 2 amide bonds. The maximum Gasteiger partial charge on any atom is 0.264 e. The van der Waals surface area contributed by atoms with Gasteiger partial charge in [0.05, 0.1) is 15.6 Å². The van der Waals surface area contributed by atoms with Gasteiger partial charge in [0.15, 0.2) is 0 Å². The Hall–Kier alpha value is -4.14. The Morgan fingerprint density at radius 3 is 2.10 bits per heavy atom. The second kappa shape index (κ2) is 14.2. The van der Waals surface area contributed by atoms with Crippen LogP contribution >= 0.6 is 11.6 Å². The third-order valence-electron chi connectivity index (χ3n) is 6.79. The average molecular weight is 604 g/mol. The van der Waals surface area contributed by atoms with Crippen molar-refractivity contribution >= 4 is 39.1 Å². The van der Waals surface area contributed by atoms with Crippen LogP contribution in [0.2, 0.25) is 5.02 Å². The van der Waals surface area contributed by atoms with Crippen molar-refractivity contribution in [3.05, 3.63) is 131 Å². The molecule has 4 rings (SSSR count). The SMILES string of the molecule is CCNC(=O)[C@H](Cc1ccccc1)N(Cc1cccc(C)c1)C(=O)CN(c1ccccc1Cl)S(=O)(=O)c1ccccc1. The van der Waals surface area contributed by atoms with Crippen LogP contribution in [0, 0.1) is 6.92 Å². The van der Waals surface area contributed by atoms with Crippen LogP contribution in [0.25, 0.3) is 0 Å². The monoisotopic (exact) mass is 603 g/mol. The van der Waals surface area contributed by atoms with Gasteiger partial charge in [-0.1, -0.05) is 102 Å². The Balaban J connectivity index is 1.80. The first-order valence-electron chi connectivity index (χ1n) is 13.7. The van der Waals surface area contributed by atoms with Gasteiger partial charge in [0.1, 0.15) is 12.6 Å². The van der Waals surface area contributed by atoms with Crippen LogP contribution in [0.15, 0.2) is 114 Å². The van der Waals surface area contributed by atoms with Crippen LogP contribution in [-0.4, -0.2) is 44.3 Å². The lowest BCUT2D eigenvalue weighted by Gasteiger charge is -2.34. The fourth-order valence-electron chi connectivity index (χ4n) is 4.74. The fourth-order valence-corrected chi connectivity index (χ4v) is 6.48. The summed E-state index contributed by atoms with van der Waals surface area (Å²) < 4.78 is 28.9. The molecule has 1 N–H and O–H groups in total. The smallest absolute Gasteiger partial charge is 0.264 e. The second-order valence-corrected chi connectivity index (χ2v) is 12.2. The minimum Gasteiger partial charge on any atom is -0.355 e. The Morgan fingerprint density at radius 2 is 1.45 bits per heavy atom. The maximum absolute atomic E-state index is 14.3. The van der Waals surface area contributed by atoms with Crippen molar-refractivity contribution in [1.29, 1.82) is 0 Å². The molecule has 0 aliphatic heterocycles. The van der Waals surface area contributed by atoms with Crippen LogP contribution in [0.4, 0.5) is 5.69 Å². The maximum atomic E-state index is 14.3. The molecule has 9 heteroatoms. The van der Waals surface area contributed by atoms with Gasteiger partial charge < -0.3 is 10.2 Å². The van der Waals surface area contributed by atoms with Crippen LogP contribution in [0.1, 0.15) is 23.6 Å². The summed E-state index contributed by atoms with van der Waals surface area (Å²) in [5, 5.41) is 3.04. The normalized spacial score (nSPS) is 11.9. The Labute approximate surface area is 252 Å². The van der Waals surface area contributed by atoms with Crippen LogP contribution in [0.3, 0.4) is 0 Å². The molecular weight excluding hydrogens is 570 g/mol. The van der Waals surface area contributed by atoms with Crippen molar-refractivity contribution in [3.8, 4) is 0 Å². The summed E-state index contributed by atoms with van der Waals surface area (Å²) in [6.45, 7) is 3.70. The number of hydrogen-bond acceptors (Lipinski definition) is 4. The zero-order valence-corrected chi connectivity index (χ0v) is 25.2. The van der Waals surface area contributed by atoms with Crippen molar-refractivity contribution in [2.75, 3.05) is 17.4 Å². The van der Waals surface area contributed by atoms with Gasteiger partial charge in [0, 0.05) is 19.5 Å². The van der Waals surface area contributed by atoms with E-state index < -0.39 is 28.5 Å². The Kier molecular flexibility index (Phi) is 10.4. The number of carbonyl (C=O) groups excluding carboxylic acids is 2. The van der Waals surface area contributed by atoms with E-state index in [4.69, 9.17) is 11.6 Å². The third-order valence-corrected chi connectivity index (χ3v) is 8.88. The van der Waals surface area contributed by atoms with E-state index in [1.807, 2.05) is 68.4 Å². The minimum atomic E-state index is -4.20. The number of benzene rings is 4. The lowest BCUT2D eigenvalue weighted by Crippen LogP contribution is -2.53. The predicted molar refractivity (Wildman–Crippen MR) is 167 cm³/mol. The average Bonchev–Trinajstić information content (AvgIpc) is 2.99. The number of nitrogens with zero attached hydrogens (tertiary/aromatic N) is 2. The van der Waals surface area contributed by atoms with Crippen molar-refractivity contribution in [1.82, 2.24) is 10.2 Å².